The molecule has 0 N–H and O–H groups in total. The van der Waals surface area contributed by atoms with Crippen molar-refractivity contribution in [2.45, 2.75) is 143 Å². The minimum atomic E-state index is -0.302. The monoisotopic (exact) mass is 426 g/mol. The van der Waals surface area contributed by atoms with Crippen molar-refractivity contribution in [3.8, 4) is 0 Å². The molecule has 4 nitrogen and oxygen atoms in total. The van der Waals surface area contributed by atoms with Crippen LogP contribution in [0.4, 0.5) is 0 Å². The van der Waals surface area contributed by atoms with Gasteiger partial charge >= 0.3 is 11.9 Å². The first-order valence-corrected chi connectivity index (χ1v) is 12.9. The molecule has 178 valence electrons. The third-order valence-corrected chi connectivity index (χ3v) is 5.72. The van der Waals surface area contributed by atoms with Gasteiger partial charge in [-0.05, 0) is 18.8 Å². The maximum atomic E-state index is 11.8. The molecule has 0 aromatic heterocycles. The predicted octanol–water partition coefficient (Wildman–Crippen LogP) is 7.77. The Morgan fingerprint density at radius 2 is 1.07 bits per heavy atom. The second-order valence-electron chi connectivity index (χ2n) is 9.00. The lowest BCUT2D eigenvalue weighted by Crippen LogP contribution is -2.23. The number of carbonyl (C=O) groups excluding carboxylic acids is 2. The van der Waals surface area contributed by atoms with Gasteiger partial charge in [0.15, 0.2) is 0 Å². The first-order valence-electron chi connectivity index (χ1n) is 12.9. The van der Waals surface area contributed by atoms with Gasteiger partial charge in [-0.1, -0.05) is 111 Å². The van der Waals surface area contributed by atoms with E-state index < -0.39 is 0 Å². The molecule has 0 heterocycles. The quantitative estimate of drug-likeness (QED) is 0.139. The summed E-state index contributed by atoms with van der Waals surface area (Å²) in [5.41, 5.74) is 0. The summed E-state index contributed by atoms with van der Waals surface area (Å²) in [4.78, 5) is 23.5. The number of hydrogen-bond donors (Lipinski definition) is 0. The fourth-order valence-corrected chi connectivity index (χ4v) is 3.68. The van der Waals surface area contributed by atoms with E-state index in [0.717, 1.165) is 19.3 Å². The highest BCUT2D eigenvalue weighted by atomic mass is 16.5. The second kappa shape index (κ2) is 21.2. The van der Waals surface area contributed by atoms with Crippen molar-refractivity contribution in [2.75, 3.05) is 6.61 Å². The molecule has 0 saturated heterocycles. The highest BCUT2D eigenvalue weighted by molar-refractivity contribution is 5.77. The summed E-state index contributed by atoms with van der Waals surface area (Å²) in [6.07, 6.45) is 19.3. The van der Waals surface area contributed by atoms with Gasteiger partial charge in [0.25, 0.3) is 0 Å². The molecule has 0 aliphatic heterocycles. The van der Waals surface area contributed by atoms with Crippen LogP contribution in [0.5, 0.6) is 0 Å². The van der Waals surface area contributed by atoms with Gasteiger partial charge in [0.2, 0.25) is 0 Å². The van der Waals surface area contributed by atoms with Crippen LogP contribution in [0.3, 0.4) is 0 Å². The van der Waals surface area contributed by atoms with E-state index >= 15 is 0 Å². The van der Waals surface area contributed by atoms with Crippen LogP contribution < -0.4 is 0 Å². The average Bonchev–Trinajstić information content (AvgIpc) is 2.73. The lowest BCUT2D eigenvalue weighted by atomic mass is 10.0. The van der Waals surface area contributed by atoms with Gasteiger partial charge < -0.3 is 9.47 Å². The van der Waals surface area contributed by atoms with Gasteiger partial charge in [-0.3, -0.25) is 9.59 Å². The van der Waals surface area contributed by atoms with Crippen LogP contribution in [0.2, 0.25) is 0 Å². The smallest absolute Gasteiger partial charge is 0.306 e. The van der Waals surface area contributed by atoms with E-state index in [4.69, 9.17) is 9.47 Å². The van der Waals surface area contributed by atoms with Crippen LogP contribution in [0.15, 0.2) is 0 Å². The third kappa shape index (κ3) is 18.9. The number of hydrogen-bond acceptors (Lipinski definition) is 4. The summed E-state index contributed by atoms with van der Waals surface area (Å²) in [6, 6.07) is 0. The second-order valence-corrected chi connectivity index (χ2v) is 9.00. The summed E-state index contributed by atoms with van der Waals surface area (Å²) < 4.78 is 10.6. The third-order valence-electron chi connectivity index (χ3n) is 5.72. The van der Waals surface area contributed by atoms with E-state index in [0.29, 0.717) is 12.5 Å². The number of ether oxygens (including phenoxy) is 2. The van der Waals surface area contributed by atoms with E-state index in [2.05, 4.69) is 6.92 Å². The summed E-state index contributed by atoms with van der Waals surface area (Å²) in [7, 11) is 0. The van der Waals surface area contributed by atoms with Crippen LogP contribution in [-0.4, -0.2) is 24.6 Å². The first-order chi connectivity index (χ1) is 14.5. The molecule has 4 heteroatoms. The standard InChI is InChI=1S/C26H50O4/c1-5-7-8-9-10-11-12-13-14-15-16-17-18-19-22-29-25(27)20-21-26(28)30-24(6-2)23(3)4/h23-24H,5-22H2,1-4H3. The Balaban J connectivity index is 3.38. The summed E-state index contributed by atoms with van der Waals surface area (Å²) in [5.74, 6) is -0.297. The van der Waals surface area contributed by atoms with Crippen molar-refractivity contribution in [3.05, 3.63) is 0 Å². The SMILES string of the molecule is CCCCCCCCCCCCCCCCOC(=O)CCC(=O)OC(CC)C(C)C. The number of carbonyl (C=O) groups is 2. The van der Waals surface area contributed by atoms with Crippen LogP contribution in [0.25, 0.3) is 0 Å². The largest absolute Gasteiger partial charge is 0.466 e. The molecular formula is C26H50O4. The maximum absolute atomic E-state index is 11.8. The fraction of sp³-hybridized carbons (Fsp3) is 0.923. The lowest BCUT2D eigenvalue weighted by molar-refractivity contribution is -0.155. The van der Waals surface area contributed by atoms with Gasteiger partial charge in [0, 0.05) is 0 Å². The molecule has 0 aliphatic rings. The molecule has 0 bridgehead atoms. The van der Waals surface area contributed by atoms with Gasteiger partial charge in [-0.15, -0.1) is 0 Å². The molecule has 1 atom stereocenters. The van der Waals surface area contributed by atoms with Crippen LogP contribution >= 0.6 is 0 Å². The molecule has 0 amide bonds. The van der Waals surface area contributed by atoms with E-state index in [1.165, 1.54) is 77.0 Å². The van der Waals surface area contributed by atoms with Crippen LogP contribution in [0, 0.1) is 5.92 Å². The highest BCUT2D eigenvalue weighted by Crippen LogP contribution is 2.14. The Morgan fingerprint density at radius 3 is 1.50 bits per heavy atom. The van der Waals surface area contributed by atoms with Crippen molar-refractivity contribution in [2.24, 2.45) is 5.92 Å². The van der Waals surface area contributed by atoms with E-state index in [-0.39, 0.29) is 30.9 Å². The topological polar surface area (TPSA) is 52.6 Å². The average molecular weight is 427 g/mol. The lowest BCUT2D eigenvalue weighted by Gasteiger charge is -2.19. The molecular weight excluding hydrogens is 376 g/mol. The minimum absolute atomic E-state index is 0.0657. The Bertz CT molecular complexity index is 406. The van der Waals surface area contributed by atoms with Crippen molar-refractivity contribution in [1.29, 1.82) is 0 Å². The van der Waals surface area contributed by atoms with E-state index in [9.17, 15) is 9.59 Å². The molecule has 30 heavy (non-hydrogen) atoms. The molecule has 0 aliphatic carbocycles. The molecule has 0 saturated carbocycles. The Morgan fingerprint density at radius 1 is 0.633 bits per heavy atom. The minimum Gasteiger partial charge on any atom is -0.466 e. The predicted molar refractivity (Wildman–Crippen MR) is 126 cm³/mol. The van der Waals surface area contributed by atoms with Gasteiger partial charge in [-0.2, -0.15) is 0 Å². The molecule has 0 radical (unpaired) electrons. The Kier molecular flexibility index (Phi) is 20.4. The maximum Gasteiger partial charge on any atom is 0.306 e. The Labute approximate surface area is 186 Å². The van der Waals surface area contributed by atoms with Crippen molar-refractivity contribution < 1.29 is 19.1 Å². The number of rotatable bonds is 21. The Hall–Kier alpha value is -1.06. The molecule has 1 unspecified atom stereocenters. The highest BCUT2D eigenvalue weighted by Gasteiger charge is 2.17. The summed E-state index contributed by atoms with van der Waals surface area (Å²) in [6.45, 7) is 8.81. The van der Waals surface area contributed by atoms with Crippen molar-refractivity contribution in [1.82, 2.24) is 0 Å². The van der Waals surface area contributed by atoms with Gasteiger partial charge in [0.1, 0.15) is 6.10 Å². The van der Waals surface area contributed by atoms with Crippen LogP contribution in [-0.2, 0) is 19.1 Å². The van der Waals surface area contributed by atoms with Crippen molar-refractivity contribution in [3.63, 3.8) is 0 Å². The number of unbranched alkanes of at least 4 members (excludes halogenated alkanes) is 13. The first kappa shape index (κ1) is 28.9. The molecule has 0 spiro atoms. The molecule has 0 aromatic rings. The molecule has 0 aromatic carbocycles. The molecule has 0 fully saturated rings. The summed E-state index contributed by atoms with van der Waals surface area (Å²) in [5, 5.41) is 0. The van der Waals surface area contributed by atoms with Crippen molar-refractivity contribution >= 4 is 11.9 Å². The zero-order valence-corrected chi connectivity index (χ0v) is 20.5. The molecule has 0 rings (SSSR count). The van der Waals surface area contributed by atoms with Crippen LogP contribution in [0.1, 0.15) is 137 Å². The van der Waals surface area contributed by atoms with E-state index in [1.807, 2.05) is 20.8 Å². The van der Waals surface area contributed by atoms with Gasteiger partial charge in [0.05, 0.1) is 19.4 Å². The van der Waals surface area contributed by atoms with Gasteiger partial charge in [-0.25, -0.2) is 0 Å². The normalized spacial score (nSPS) is 12.2. The summed E-state index contributed by atoms with van der Waals surface area (Å²) >= 11 is 0. The van der Waals surface area contributed by atoms with E-state index in [1.54, 1.807) is 0 Å². The number of esters is 2. The zero-order valence-electron chi connectivity index (χ0n) is 20.5. The zero-order chi connectivity index (χ0) is 22.5. The fourth-order valence-electron chi connectivity index (χ4n) is 3.68.